The van der Waals surface area contributed by atoms with Crippen LogP contribution in [-0.4, -0.2) is 17.3 Å². The highest BCUT2D eigenvalue weighted by molar-refractivity contribution is 5.53. The van der Waals surface area contributed by atoms with E-state index in [0.717, 1.165) is 12.8 Å². The summed E-state index contributed by atoms with van der Waals surface area (Å²) in [5, 5.41) is 8.86. The van der Waals surface area contributed by atoms with Crippen molar-refractivity contribution in [3.63, 3.8) is 0 Å². The maximum absolute atomic E-state index is 10.2. The van der Waals surface area contributed by atoms with Crippen molar-refractivity contribution >= 4 is 5.94 Å². The molecule has 3 nitrogen and oxygen atoms in total. The van der Waals surface area contributed by atoms with E-state index >= 15 is 0 Å². The third-order valence-corrected chi connectivity index (χ3v) is 2.22. The number of aliphatic hydroxyl groups excluding tert-OH is 1. The van der Waals surface area contributed by atoms with E-state index in [9.17, 15) is 4.79 Å². The van der Waals surface area contributed by atoms with E-state index in [-0.39, 0.29) is 0 Å². The summed E-state index contributed by atoms with van der Waals surface area (Å²) in [6.07, 6.45) is 3.06. The van der Waals surface area contributed by atoms with Crippen LogP contribution in [-0.2, 0) is 4.79 Å². The molecule has 1 atom stereocenters. The Bertz CT molecular complexity index is 179. The number of rotatable bonds is 3. The third kappa shape index (κ3) is 2.15. The molecule has 1 aliphatic rings. The van der Waals surface area contributed by atoms with Crippen LogP contribution in [0.4, 0.5) is 0 Å². The second-order valence-electron chi connectivity index (χ2n) is 3.07. The van der Waals surface area contributed by atoms with Crippen molar-refractivity contribution in [2.24, 2.45) is 11.7 Å². The van der Waals surface area contributed by atoms with E-state index in [1.807, 2.05) is 0 Å². The van der Waals surface area contributed by atoms with Crippen LogP contribution in [0, 0.1) is 5.92 Å². The summed E-state index contributed by atoms with van der Waals surface area (Å²) in [4.78, 5) is 10.2. The fourth-order valence-corrected chi connectivity index (χ4v) is 1.23. The number of nitrogens with two attached hydrogens (primary N) is 1. The Hall–Kier alpha value is -0.630. The number of aliphatic hydroxyl groups is 1. The average Bonchev–Trinajstić information content (AvgIpc) is 1.85. The van der Waals surface area contributed by atoms with Gasteiger partial charge in [-0.2, -0.15) is 0 Å². The van der Waals surface area contributed by atoms with Gasteiger partial charge in [0.25, 0.3) is 0 Å². The molecule has 0 saturated heterocycles. The minimum absolute atomic E-state index is 0.315. The molecular formula is C8H13NO2. The third-order valence-electron chi connectivity index (χ3n) is 2.22. The zero-order valence-electron chi connectivity index (χ0n) is 6.42. The Morgan fingerprint density at radius 2 is 2.36 bits per heavy atom. The first-order valence-corrected chi connectivity index (χ1v) is 3.91. The monoisotopic (exact) mass is 155 g/mol. The van der Waals surface area contributed by atoms with Crippen molar-refractivity contribution in [3.8, 4) is 0 Å². The van der Waals surface area contributed by atoms with Gasteiger partial charge in [0.05, 0.1) is 5.57 Å². The molecule has 1 rings (SSSR count). The van der Waals surface area contributed by atoms with Gasteiger partial charge >= 0.3 is 0 Å². The Labute approximate surface area is 65.9 Å². The van der Waals surface area contributed by atoms with E-state index in [0.29, 0.717) is 17.9 Å². The Kier molecular flexibility index (Phi) is 2.83. The first-order chi connectivity index (χ1) is 5.24. The normalized spacial score (nSPS) is 20.2. The quantitative estimate of drug-likeness (QED) is 0.452. The smallest absolute Gasteiger partial charge is 0.135 e. The highest BCUT2D eigenvalue weighted by Gasteiger charge is 2.21. The largest absolute Gasteiger partial charge is 0.374 e. The summed E-state index contributed by atoms with van der Waals surface area (Å²) < 4.78 is 0. The van der Waals surface area contributed by atoms with Crippen LogP contribution in [0.1, 0.15) is 25.7 Å². The van der Waals surface area contributed by atoms with Gasteiger partial charge in [-0.25, -0.2) is 4.79 Å². The molecule has 0 heterocycles. The highest BCUT2D eigenvalue weighted by atomic mass is 16.3. The molecule has 1 aliphatic carbocycles. The van der Waals surface area contributed by atoms with Crippen LogP contribution in [0.2, 0.25) is 0 Å². The van der Waals surface area contributed by atoms with Crippen molar-refractivity contribution in [1.82, 2.24) is 0 Å². The molecule has 3 heteroatoms. The molecule has 0 amide bonds. The number of carbonyl (C=O) groups excluding carboxylic acids is 1. The van der Waals surface area contributed by atoms with Gasteiger partial charge in [0.2, 0.25) is 0 Å². The molecule has 0 aromatic heterocycles. The van der Waals surface area contributed by atoms with Crippen LogP contribution >= 0.6 is 0 Å². The van der Waals surface area contributed by atoms with E-state index in [4.69, 9.17) is 10.8 Å². The molecule has 1 saturated carbocycles. The Morgan fingerprint density at radius 3 is 2.64 bits per heavy atom. The number of hydrogen-bond donors (Lipinski definition) is 2. The lowest BCUT2D eigenvalue weighted by molar-refractivity contribution is 0.202. The van der Waals surface area contributed by atoms with E-state index in [1.54, 1.807) is 5.94 Å². The van der Waals surface area contributed by atoms with Gasteiger partial charge in [-0.15, -0.1) is 0 Å². The van der Waals surface area contributed by atoms with E-state index < -0.39 is 6.23 Å². The molecule has 3 N–H and O–H groups in total. The minimum Gasteiger partial charge on any atom is -0.374 e. The van der Waals surface area contributed by atoms with Crippen molar-refractivity contribution in [1.29, 1.82) is 0 Å². The summed E-state index contributed by atoms with van der Waals surface area (Å²) in [6.45, 7) is 0. The average molecular weight is 155 g/mol. The van der Waals surface area contributed by atoms with Crippen LogP contribution in [0.25, 0.3) is 0 Å². The van der Waals surface area contributed by atoms with Crippen molar-refractivity contribution in [2.75, 3.05) is 0 Å². The lowest BCUT2D eigenvalue weighted by atomic mass is 9.81. The first kappa shape index (κ1) is 8.47. The van der Waals surface area contributed by atoms with Crippen LogP contribution in [0.5, 0.6) is 0 Å². The van der Waals surface area contributed by atoms with Gasteiger partial charge in [-0.05, 0) is 12.3 Å². The van der Waals surface area contributed by atoms with Gasteiger partial charge in [-0.1, -0.05) is 19.3 Å². The SMILES string of the molecule is NC(O)C(=C=O)CC1CCC1. The molecule has 0 aromatic rings. The molecule has 0 spiro atoms. The maximum atomic E-state index is 10.2. The van der Waals surface area contributed by atoms with Crippen molar-refractivity contribution in [3.05, 3.63) is 5.57 Å². The van der Waals surface area contributed by atoms with E-state index in [1.165, 1.54) is 6.42 Å². The molecule has 62 valence electrons. The van der Waals surface area contributed by atoms with Crippen molar-refractivity contribution < 1.29 is 9.90 Å². The maximum Gasteiger partial charge on any atom is 0.135 e. The predicted octanol–water partition coefficient (Wildman–Crippen LogP) is 0.212. The number of hydrogen-bond acceptors (Lipinski definition) is 3. The molecule has 0 bridgehead atoms. The van der Waals surface area contributed by atoms with Gasteiger partial charge in [0, 0.05) is 0 Å². The van der Waals surface area contributed by atoms with Crippen LogP contribution in [0.15, 0.2) is 5.57 Å². The van der Waals surface area contributed by atoms with E-state index in [2.05, 4.69) is 0 Å². The summed E-state index contributed by atoms with van der Waals surface area (Å²) in [5.41, 5.74) is 5.44. The fourth-order valence-electron chi connectivity index (χ4n) is 1.23. The summed E-state index contributed by atoms with van der Waals surface area (Å²) in [7, 11) is 0. The lowest BCUT2D eigenvalue weighted by Crippen LogP contribution is -2.25. The second kappa shape index (κ2) is 3.67. The summed E-state index contributed by atoms with van der Waals surface area (Å²) in [5.74, 6) is 2.25. The van der Waals surface area contributed by atoms with Gasteiger partial charge in [0.1, 0.15) is 12.2 Å². The van der Waals surface area contributed by atoms with Gasteiger partial charge < -0.3 is 10.8 Å². The second-order valence-corrected chi connectivity index (χ2v) is 3.07. The summed E-state index contributed by atoms with van der Waals surface area (Å²) in [6, 6.07) is 0. The van der Waals surface area contributed by atoms with Gasteiger partial charge in [0.15, 0.2) is 0 Å². The Morgan fingerprint density at radius 1 is 1.73 bits per heavy atom. The molecular weight excluding hydrogens is 142 g/mol. The molecule has 1 unspecified atom stereocenters. The summed E-state index contributed by atoms with van der Waals surface area (Å²) >= 11 is 0. The standard InChI is InChI=1S/C8H13NO2/c9-8(11)7(5-10)4-6-2-1-3-6/h6,8,11H,1-4,9H2. The minimum atomic E-state index is -1.10. The predicted molar refractivity (Wildman–Crippen MR) is 41.4 cm³/mol. The Balaban J connectivity index is 2.38. The lowest BCUT2D eigenvalue weighted by Gasteiger charge is -2.25. The zero-order chi connectivity index (χ0) is 8.27. The van der Waals surface area contributed by atoms with Crippen LogP contribution in [0.3, 0.4) is 0 Å². The van der Waals surface area contributed by atoms with Crippen LogP contribution < -0.4 is 5.73 Å². The van der Waals surface area contributed by atoms with Crippen molar-refractivity contribution in [2.45, 2.75) is 31.9 Å². The molecule has 1 fully saturated rings. The molecule has 0 aromatic carbocycles. The molecule has 0 radical (unpaired) electrons. The zero-order valence-corrected chi connectivity index (χ0v) is 6.42. The first-order valence-electron chi connectivity index (χ1n) is 3.91. The topological polar surface area (TPSA) is 63.3 Å². The molecule has 0 aliphatic heterocycles. The fraction of sp³-hybridized carbons (Fsp3) is 0.750. The van der Waals surface area contributed by atoms with Gasteiger partial charge in [-0.3, -0.25) is 0 Å². The highest BCUT2D eigenvalue weighted by Crippen LogP contribution is 2.31. The molecule has 11 heavy (non-hydrogen) atoms.